The van der Waals surface area contributed by atoms with E-state index in [2.05, 4.69) is 0 Å². The van der Waals surface area contributed by atoms with Gasteiger partial charge in [0.1, 0.15) is 11.9 Å². The van der Waals surface area contributed by atoms with Crippen molar-refractivity contribution in [1.82, 2.24) is 0 Å². The van der Waals surface area contributed by atoms with Crippen molar-refractivity contribution in [2.75, 3.05) is 0 Å². The number of para-hydroxylation sites is 1. The average Bonchev–Trinajstić information content (AvgIpc) is 2.45. The third kappa shape index (κ3) is 1.71. The van der Waals surface area contributed by atoms with Crippen LogP contribution in [0.1, 0.15) is 25.5 Å². The molecule has 2 N–H and O–H groups in total. The Kier molecular flexibility index (Phi) is 2.41. The molecule has 1 heterocycles. The van der Waals surface area contributed by atoms with Crippen LogP contribution in [0.2, 0.25) is 5.02 Å². The number of fused-ring (bicyclic) bond motifs is 1. The normalized spacial score (nSPS) is 24.9. The molecule has 0 aliphatic carbocycles. The van der Waals surface area contributed by atoms with Crippen LogP contribution in [0.15, 0.2) is 18.2 Å². The highest BCUT2D eigenvalue weighted by atomic mass is 35.5. The Hall–Kier alpha value is -0.770. The van der Waals surface area contributed by atoms with Crippen molar-refractivity contribution in [2.45, 2.75) is 31.7 Å². The molecule has 1 aromatic rings. The first-order chi connectivity index (χ1) is 6.91. The minimum absolute atomic E-state index is 0.457. The van der Waals surface area contributed by atoms with E-state index < -0.39 is 17.8 Å². The zero-order valence-corrected chi connectivity index (χ0v) is 9.32. The van der Waals surface area contributed by atoms with Crippen LogP contribution >= 0.6 is 11.6 Å². The highest BCUT2D eigenvalue weighted by Crippen LogP contribution is 2.44. The van der Waals surface area contributed by atoms with Gasteiger partial charge in [-0.3, -0.25) is 0 Å². The fourth-order valence-corrected chi connectivity index (χ4v) is 1.99. The Morgan fingerprint density at radius 2 is 2.07 bits per heavy atom. The van der Waals surface area contributed by atoms with Crippen molar-refractivity contribution in [3.8, 4) is 5.75 Å². The third-order valence-corrected chi connectivity index (χ3v) is 2.84. The van der Waals surface area contributed by atoms with Crippen molar-refractivity contribution in [3.05, 3.63) is 28.8 Å². The molecule has 0 unspecified atom stereocenters. The van der Waals surface area contributed by atoms with Gasteiger partial charge >= 0.3 is 0 Å². The maximum Gasteiger partial charge on any atom is 0.157 e. The summed E-state index contributed by atoms with van der Waals surface area (Å²) in [5, 5.41) is 20.2. The Morgan fingerprint density at radius 3 is 2.60 bits per heavy atom. The van der Waals surface area contributed by atoms with Crippen molar-refractivity contribution >= 4 is 11.6 Å². The predicted molar refractivity (Wildman–Crippen MR) is 57.1 cm³/mol. The maximum atomic E-state index is 9.96. The van der Waals surface area contributed by atoms with E-state index in [9.17, 15) is 10.2 Å². The minimum atomic E-state index is -1.11. The number of aliphatic hydroxyl groups is 2. The summed E-state index contributed by atoms with van der Waals surface area (Å²) in [5.41, 5.74) is -0.475. The summed E-state index contributed by atoms with van der Waals surface area (Å²) in [6.07, 6.45) is -1.51. The largest absolute Gasteiger partial charge is 0.482 e. The minimum Gasteiger partial charge on any atom is -0.482 e. The second-order valence-corrected chi connectivity index (χ2v) is 4.70. The molecule has 4 heteroatoms. The Labute approximate surface area is 93.3 Å². The molecule has 2 rings (SSSR count). The second-order valence-electron chi connectivity index (χ2n) is 4.30. The van der Waals surface area contributed by atoms with Gasteiger partial charge in [0.15, 0.2) is 6.10 Å². The molecule has 82 valence electrons. The fraction of sp³-hybridized carbons (Fsp3) is 0.455. The summed E-state index contributed by atoms with van der Waals surface area (Å²) in [6.45, 7) is 3.20. The smallest absolute Gasteiger partial charge is 0.157 e. The third-order valence-electron chi connectivity index (χ3n) is 2.54. The molecule has 0 radical (unpaired) electrons. The molecule has 0 bridgehead atoms. The molecule has 0 aromatic heterocycles. The van der Waals surface area contributed by atoms with E-state index in [1.807, 2.05) is 0 Å². The lowest BCUT2D eigenvalue weighted by Crippen LogP contribution is -2.41. The molecule has 2 atom stereocenters. The predicted octanol–water partition coefficient (Wildman–Crippen LogP) is 1.91. The number of hydrogen-bond donors (Lipinski definition) is 2. The van der Waals surface area contributed by atoms with Gasteiger partial charge in [-0.05, 0) is 19.9 Å². The number of benzene rings is 1. The molecule has 1 aliphatic heterocycles. The van der Waals surface area contributed by atoms with E-state index in [0.717, 1.165) is 0 Å². The van der Waals surface area contributed by atoms with Crippen LogP contribution in [-0.4, -0.2) is 21.9 Å². The van der Waals surface area contributed by atoms with E-state index in [-0.39, 0.29) is 0 Å². The molecular formula is C11H13ClO3. The fourth-order valence-electron chi connectivity index (χ4n) is 1.77. The summed E-state index contributed by atoms with van der Waals surface area (Å²) in [6, 6.07) is 5.19. The number of rotatable bonds is 1. The highest BCUT2D eigenvalue weighted by Gasteiger charge is 2.43. The Balaban J connectivity index is 2.42. The van der Waals surface area contributed by atoms with E-state index in [4.69, 9.17) is 16.3 Å². The topological polar surface area (TPSA) is 49.7 Å². The first-order valence-electron chi connectivity index (χ1n) is 4.77. The van der Waals surface area contributed by atoms with Crippen LogP contribution in [-0.2, 0) is 0 Å². The number of aliphatic hydroxyl groups excluding tert-OH is 1. The molecule has 15 heavy (non-hydrogen) atoms. The lowest BCUT2D eigenvalue weighted by atomic mass is 9.95. The number of ether oxygens (including phenoxy) is 1. The van der Waals surface area contributed by atoms with Gasteiger partial charge in [-0.25, -0.2) is 0 Å². The summed E-state index contributed by atoms with van der Waals surface area (Å²) in [5.74, 6) is 0.471. The van der Waals surface area contributed by atoms with Crippen LogP contribution in [0, 0.1) is 0 Å². The van der Waals surface area contributed by atoms with E-state index >= 15 is 0 Å². The summed E-state index contributed by atoms with van der Waals surface area (Å²) >= 11 is 5.93. The van der Waals surface area contributed by atoms with Crippen molar-refractivity contribution in [2.24, 2.45) is 0 Å². The molecule has 1 aromatic carbocycles. The highest BCUT2D eigenvalue weighted by molar-refractivity contribution is 6.32. The summed E-state index contributed by atoms with van der Waals surface area (Å²) < 4.78 is 5.48. The molecule has 1 aliphatic rings. The second kappa shape index (κ2) is 3.37. The molecular weight excluding hydrogens is 216 g/mol. The van der Waals surface area contributed by atoms with Gasteiger partial charge < -0.3 is 14.9 Å². The van der Waals surface area contributed by atoms with E-state index in [0.29, 0.717) is 16.3 Å². The maximum absolute atomic E-state index is 9.96. The molecule has 0 fully saturated rings. The summed E-state index contributed by atoms with van der Waals surface area (Å²) in [4.78, 5) is 0. The molecule has 0 saturated heterocycles. The van der Waals surface area contributed by atoms with Gasteiger partial charge in [0.2, 0.25) is 0 Å². The van der Waals surface area contributed by atoms with Crippen LogP contribution in [0.4, 0.5) is 0 Å². The van der Waals surface area contributed by atoms with Gasteiger partial charge in [0.25, 0.3) is 0 Å². The quantitative estimate of drug-likeness (QED) is 0.772. The molecule has 0 spiro atoms. The monoisotopic (exact) mass is 228 g/mol. The molecule has 0 amide bonds. The lowest BCUT2D eigenvalue weighted by molar-refractivity contribution is -0.0762. The van der Waals surface area contributed by atoms with Gasteiger partial charge in [-0.2, -0.15) is 0 Å². The molecule has 3 nitrogen and oxygen atoms in total. The van der Waals surface area contributed by atoms with Crippen molar-refractivity contribution in [3.63, 3.8) is 0 Å². The van der Waals surface area contributed by atoms with Gasteiger partial charge in [-0.1, -0.05) is 23.7 Å². The van der Waals surface area contributed by atoms with Crippen LogP contribution in [0.3, 0.4) is 0 Å². The van der Waals surface area contributed by atoms with Gasteiger partial charge in [0.05, 0.1) is 10.6 Å². The van der Waals surface area contributed by atoms with Crippen LogP contribution in [0.5, 0.6) is 5.75 Å². The number of hydrogen-bond acceptors (Lipinski definition) is 3. The average molecular weight is 229 g/mol. The molecule has 0 saturated carbocycles. The Morgan fingerprint density at radius 1 is 1.40 bits per heavy atom. The zero-order chi connectivity index (χ0) is 11.2. The van der Waals surface area contributed by atoms with E-state index in [1.165, 1.54) is 0 Å². The van der Waals surface area contributed by atoms with Gasteiger partial charge in [-0.15, -0.1) is 0 Å². The first-order valence-corrected chi connectivity index (χ1v) is 5.14. The standard InChI is InChI=1S/C11H13ClO3/c1-11(2,14)10-8(13)6-4-3-5-7(12)9(6)15-10/h3-5,8,10,13-14H,1-2H3/t8-,10+/m1/s1. The van der Waals surface area contributed by atoms with Crippen molar-refractivity contribution in [1.29, 1.82) is 0 Å². The Bertz CT molecular complexity index is 384. The zero-order valence-electron chi connectivity index (χ0n) is 8.57. The SMILES string of the molecule is CC(C)(O)[C@H]1Oc2c(Cl)cccc2[C@H]1O. The number of halogens is 1. The van der Waals surface area contributed by atoms with Gasteiger partial charge in [0, 0.05) is 5.56 Å². The van der Waals surface area contributed by atoms with Crippen LogP contribution < -0.4 is 4.74 Å². The lowest BCUT2D eigenvalue weighted by Gasteiger charge is -2.27. The van der Waals surface area contributed by atoms with E-state index in [1.54, 1.807) is 32.0 Å². The first kappa shape index (κ1) is 10.7. The van der Waals surface area contributed by atoms with Crippen molar-refractivity contribution < 1.29 is 14.9 Å². The van der Waals surface area contributed by atoms with Crippen LogP contribution in [0.25, 0.3) is 0 Å². The summed E-state index contributed by atoms with van der Waals surface area (Å²) in [7, 11) is 0.